The number of anilines is 1. The van der Waals surface area contributed by atoms with Crippen LogP contribution in [0.2, 0.25) is 0 Å². The first kappa shape index (κ1) is 16.6. The third-order valence-corrected chi connectivity index (χ3v) is 3.98. The first-order valence-electron chi connectivity index (χ1n) is 8.16. The number of nitrogens with zero attached hydrogens (tertiary/aromatic N) is 4. The second kappa shape index (κ2) is 6.83. The van der Waals surface area contributed by atoms with Crippen molar-refractivity contribution in [2.75, 3.05) is 5.32 Å². The molecule has 0 saturated heterocycles. The van der Waals surface area contributed by atoms with Crippen LogP contribution in [0.1, 0.15) is 0 Å². The van der Waals surface area contributed by atoms with Crippen LogP contribution in [0, 0.1) is 5.82 Å². The maximum absolute atomic E-state index is 13.1. The zero-order chi connectivity index (χ0) is 18.8. The predicted octanol–water partition coefficient (Wildman–Crippen LogP) is 2.34. The maximum atomic E-state index is 13.1. The fourth-order valence-corrected chi connectivity index (χ4v) is 2.67. The van der Waals surface area contributed by atoms with E-state index in [2.05, 4.69) is 15.5 Å². The molecular formula is C19H14FN5O2. The Morgan fingerprint density at radius 2 is 1.81 bits per heavy atom. The molecule has 4 rings (SSSR count). The Balaban J connectivity index is 1.61. The molecule has 2 aromatic carbocycles. The zero-order valence-electron chi connectivity index (χ0n) is 14.0. The van der Waals surface area contributed by atoms with Gasteiger partial charge in [-0.2, -0.15) is 10.2 Å². The first-order valence-corrected chi connectivity index (χ1v) is 8.16. The van der Waals surface area contributed by atoms with Crippen LogP contribution in [0.25, 0.3) is 16.8 Å². The molecule has 1 amide bonds. The molecule has 0 saturated carbocycles. The lowest BCUT2D eigenvalue weighted by atomic mass is 10.1. The number of para-hydroxylation sites is 1. The van der Waals surface area contributed by atoms with Gasteiger partial charge in [-0.05, 0) is 42.5 Å². The van der Waals surface area contributed by atoms with Gasteiger partial charge in [0, 0.05) is 11.3 Å². The standard InChI is InChI=1S/C19H14FN5O2/c20-14-8-6-13(7-9-14)16-10-17-19(27)24(21-12-25(17)23-16)11-18(26)22-15-4-2-1-3-5-15/h1-10,12H,11H2,(H,22,26). The minimum Gasteiger partial charge on any atom is -0.324 e. The number of benzene rings is 2. The van der Waals surface area contributed by atoms with E-state index in [9.17, 15) is 14.0 Å². The van der Waals surface area contributed by atoms with E-state index < -0.39 is 5.56 Å². The Kier molecular flexibility index (Phi) is 4.21. The number of hydrogen-bond donors (Lipinski definition) is 1. The molecule has 2 heterocycles. The Labute approximate surface area is 152 Å². The van der Waals surface area contributed by atoms with Crippen LogP contribution in [-0.2, 0) is 11.3 Å². The summed E-state index contributed by atoms with van der Waals surface area (Å²) >= 11 is 0. The third-order valence-electron chi connectivity index (χ3n) is 3.98. The van der Waals surface area contributed by atoms with Gasteiger partial charge in [0.25, 0.3) is 5.56 Å². The molecular weight excluding hydrogens is 349 g/mol. The van der Waals surface area contributed by atoms with Gasteiger partial charge in [-0.1, -0.05) is 18.2 Å². The Hall–Kier alpha value is -3.81. The summed E-state index contributed by atoms with van der Waals surface area (Å²) in [6, 6.07) is 16.3. The van der Waals surface area contributed by atoms with E-state index in [4.69, 9.17) is 0 Å². The SMILES string of the molecule is O=C(Cn1ncn2nc(-c3ccc(F)cc3)cc2c1=O)Nc1ccccc1. The monoisotopic (exact) mass is 363 g/mol. The van der Waals surface area contributed by atoms with E-state index >= 15 is 0 Å². The number of amides is 1. The van der Waals surface area contributed by atoms with Gasteiger partial charge in [-0.15, -0.1) is 0 Å². The highest BCUT2D eigenvalue weighted by atomic mass is 19.1. The second-order valence-corrected chi connectivity index (χ2v) is 5.87. The molecule has 0 aliphatic heterocycles. The van der Waals surface area contributed by atoms with Crippen LogP contribution < -0.4 is 10.9 Å². The molecule has 0 aliphatic rings. The molecule has 0 unspecified atom stereocenters. The number of carbonyl (C=O) groups excluding carboxylic acids is 1. The van der Waals surface area contributed by atoms with Crippen molar-refractivity contribution in [1.82, 2.24) is 19.4 Å². The van der Waals surface area contributed by atoms with Gasteiger partial charge in [0.15, 0.2) is 0 Å². The third kappa shape index (κ3) is 3.45. The predicted molar refractivity (Wildman–Crippen MR) is 97.7 cm³/mol. The molecule has 0 atom stereocenters. The number of carbonyl (C=O) groups is 1. The van der Waals surface area contributed by atoms with Crippen molar-refractivity contribution >= 4 is 17.1 Å². The molecule has 7 nitrogen and oxygen atoms in total. The van der Waals surface area contributed by atoms with Crippen molar-refractivity contribution in [3.05, 3.63) is 83.2 Å². The highest BCUT2D eigenvalue weighted by Gasteiger charge is 2.12. The zero-order valence-corrected chi connectivity index (χ0v) is 14.0. The minimum atomic E-state index is -0.443. The van der Waals surface area contributed by atoms with Gasteiger partial charge in [0.1, 0.15) is 24.2 Å². The summed E-state index contributed by atoms with van der Waals surface area (Å²) in [6.07, 6.45) is 1.36. The molecule has 0 bridgehead atoms. The fourth-order valence-electron chi connectivity index (χ4n) is 2.67. The van der Waals surface area contributed by atoms with E-state index in [0.29, 0.717) is 16.9 Å². The Morgan fingerprint density at radius 3 is 2.56 bits per heavy atom. The normalized spacial score (nSPS) is 10.9. The van der Waals surface area contributed by atoms with Gasteiger partial charge < -0.3 is 5.32 Å². The molecule has 2 aromatic heterocycles. The van der Waals surface area contributed by atoms with Gasteiger partial charge >= 0.3 is 0 Å². The number of hydrogen-bond acceptors (Lipinski definition) is 4. The lowest BCUT2D eigenvalue weighted by Crippen LogP contribution is -2.30. The Bertz CT molecular complexity index is 1170. The van der Waals surface area contributed by atoms with Gasteiger partial charge in [-0.3, -0.25) is 9.59 Å². The van der Waals surface area contributed by atoms with Crippen LogP contribution in [-0.4, -0.2) is 25.3 Å². The van der Waals surface area contributed by atoms with Crippen LogP contribution in [0.4, 0.5) is 10.1 Å². The van der Waals surface area contributed by atoms with E-state index in [0.717, 1.165) is 4.68 Å². The summed E-state index contributed by atoms with van der Waals surface area (Å²) in [5.41, 5.74) is 1.66. The van der Waals surface area contributed by atoms with E-state index in [1.54, 1.807) is 42.5 Å². The largest absolute Gasteiger partial charge is 0.324 e. The van der Waals surface area contributed by atoms with Crippen molar-refractivity contribution in [2.45, 2.75) is 6.54 Å². The van der Waals surface area contributed by atoms with Crippen molar-refractivity contribution in [1.29, 1.82) is 0 Å². The van der Waals surface area contributed by atoms with Gasteiger partial charge in [0.2, 0.25) is 5.91 Å². The molecule has 27 heavy (non-hydrogen) atoms. The quantitative estimate of drug-likeness (QED) is 0.603. The number of fused-ring (bicyclic) bond motifs is 1. The highest BCUT2D eigenvalue weighted by Crippen LogP contribution is 2.18. The number of rotatable bonds is 4. The smallest absolute Gasteiger partial charge is 0.293 e. The average Bonchev–Trinajstić information content (AvgIpc) is 3.10. The summed E-state index contributed by atoms with van der Waals surface area (Å²) in [5.74, 6) is -0.714. The van der Waals surface area contributed by atoms with E-state index in [1.807, 2.05) is 6.07 Å². The number of nitrogens with one attached hydrogen (secondary N) is 1. The van der Waals surface area contributed by atoms with Crippen LogP contribution >= 0.6 is 0 Å². The molecule has 1 N–H and O–H groups in total. The molecule has 8 heteroatoms. The number of aromatic nitrogens is 4. The van der Waals surface area contributed by atoms with E-state index in [-0.39, 0.29) is 23.8 Å². The van der Waals surface area contributed by atoms with Crippen molar-refractivity contribution in [3.63, 3.8) is 0 Å². The summed E-state index contributed by atoms with van der Waals surface area (Å²) in [5, 5.41) is 11.0. The maximum Gasteiger partial charge on any atom is 0.293 e. The molecule has 134 valence electrons. The van der Waals surface area contributed by atoms with E-state index in [1.165, 1.54) is 23.0 Å². The molecule has 0 radical (unpaired) electrons. The molecule has 0 aliphatic carbocycles. The van der Waals surface area contributed by atoms with Crippen molar-refractivity contribution < 1.29 is 9.18 Å². The summed E-state index contributed by atoms with van der Waals surface area (Å²) in [4.78, 5) is 24.8. The molecule has 0 spiro atoms. The molecule has 0 fully saturated rings. The van der Waals surface area contributed by atoms with Crippen LogP contribution in [0.5, 0.6) is 0 Å². The lowest BCUT2D eigenvalue weighted by Gasteiger charge is -2.06. The van der Waals surface area contributed by atoms with Crippen LogP contribution in [0.3, 0.4) is 0 Å². The Morgan fingerprint density at radius 1 is 1.07 bits per heavy atom. The minimum absolute atomic E-state index is 0.221. The van der Waals surface area contributed by atoms with Gasteiger partial charge in [-0.25, -0.2) is 13.6 Å². The number of halogens is 1. The fraction of sp³-hybridized carbons (Fsp3) is 0.0526. The summed E-state index contributed by atoms with van der Waals surface area (Å²) in [7, 11) is 0. The lowest BCUT2D eigenvalue weighted by molar-refractivity contribution is -0.117. The van der Waals surface area contributed by atoms with Gasteiger partial charge in [0.05, 0.1) is 5.69 Å². The second-order valence-electron chi connectivity index (χ2n) is 5.87. The first-order chi connectivity index (χ1) is 13.1. The summed E-state index contributed by atoms with van der Waals surface area (Å²) in [6.45, 7) is -0.221. The topological polar surface area (TPSA) is 81.3 Å². The van der Waals surface area contributed by atoms with Crippen LogP contribution in [0.15, 0.2) is 71.8 Å². The van der Waals surface area contributed by atoms with Crippen molar-refractivity contribution in [2.24, 2.45) is 0 Å². The average molecular weight is 363 g/mol. The van der Waals surface area contributed by atoms with Crippen molar-refractivity contribution in [3.8, 4) is 11.3 Å². The molecule has 4 aromatic rings. The summed E-state index contributed by atoms with van der Waals surface area (Å²) < 4.78 is 15.5. The highest BCUT2D eigenvalue weighted by molar-refractivity contribution is 5.90.